The second-order valence-electron chi connectivity index (χ2n) is 6.07. The molecule has 2 rings (SSSR count). The highest BCUT2D eigenvalue weighted by atomic mass is 15.2. The number of piperidine rings is 1. The molecule has 3 nitrogen and oxygen atoms in total. The number of nitriles is 1. The standard InChI is InChI=1S/C14H25N3/c1-3-16-14(2,10-15)11-17-8-12-5-4-6-13(7-12)9-17/h12-13,16H,3-9,11H2,1-2H3. The van der Waals surface area contributed by atoms with Crippen LogP contribution >= 0.6 is 0 Å². The zero-order valence-electron chi connectivity index (χ0n) is 11.2. The topological polar surface area (TPSA) is 39.1 Å². The van der Waals surface area contributed by atoms with Gasteiger partial charge in [-0.25, -0.2) is 0 Å². The molecular formula is C14H25N3. The van der Waals surface area contributed by atoms with Crippen molar-refractivity contribution in [1.82, 2.24) is 10.2 Å². The summed E-state index contributed by atoms with van der Waals surface area (Å²) in [5.41, 5.74) is -0.375. The third kappa shape index (κ3) is 3.20. The van der Waals surface area contributed by atoms with Gasteiger partial charge in [0.05, 0.1) is 6.07 Å². The first-order valence-corrected chi connectivity index (χ1v) is 7.04. The monoisotopic (exact) mass is 235 g/mol. The molecule has 1 saturated carbocycles. The molecule has 0 aromatic heterocycles. The molecule has 1 aliphatic heterocycles. The molecule has 2 aliphatic rings. The van der Waals surface area contributed by atoms with E-state index in [1.54, 1.807) is 0 Å². The number of nitrogens with one attached hydrogen (secondary N) is 1. The zero-order chi connectivity index (χ0) is 12.3. The molecule has 3 unspecified atom stereocenters. The molecule has 0 aromatic rings. The molecule has 2 bridgehead atoms. The van der Waals surface area contributed by atoms with Crippen LogP contribution in [0.15, 0.2) is 0 Å². The van der Waals surface area contributed by atoms with Crippen molar-refractivity contribution in [2.75, 3.05) is 26.2 Å². The number of likely N-dealkylation sites (N-methyl/N-ethyl adjacent to an activating group) is 1. The number of hydrogen-bond acceptors (Lipinski definition) is 3. The third-order valence-electron chi connectivity index (χ3n) is 4.28. The highest BCUT2D eigenvalue weighted by Gasteiger charge is 2.34. The zero-order valence-corrected chi connectivity index (χ0v) is 11.2. The molecule has 0 amide bonds. The van der Waals surface area contributed by atoms with Gasteiger partial charge >= 0.3 is 0 Å². The smallest absolute Gasteiger partial charge is 0.116 e. The highest BCUT2D eigenvalue weighted by molar-refractivity contribution is 5.06. The Morgan fingerprint density at radius 2 is 2.00 bits per heavy atom. The van der Waals surface area contributed by atoms with Crippen LogP contribution in [0.1, 0.15) is 39.5 Å². The van der Waals surface area contributed by atoms with Crippen LogP contribution in [0, 0.1) is 23.2 Å². The van der Waals surface area contributed by atoms with Gasteiger partial charge in [0.2, 0.25) is 0 Å². The summed E-state index contributed by atoms with van der Waals surface area (Å²) in [7, 11) is 0. The predicted octanol–water partition coefficient (Wildman–Crippen LogP) is 2.00. The van der Waals surface area contributed by atoms with E-state index in [2.05, 4.69) is 23.2 Å². The van der Waals surface area contributed by atoms with E-state index in [0.717, 1.165) is 24.9 Å². The van der Waals surface area contributed by atoms with E-state index in [0.29, 0.717) is 0 Å². The number of rotatable bonds is 4. The van der Waals surface area contributed by atoms with Crippen molar-refractivity contribution in [3.05, 3.63) is 0 Å². The van der Waals surface area contributed by atoms with E-state index in [1.807, 2.05) is 6.92 Å². The van der Waals surface area contributed by atoms with Crippen LogP contribution in [-0.2, 0) is 0 Å². The lowest BCUT2D eigenvalue weighted by atomic mass is 9.77. The molecule has 2 fully saturated rings. The molecular weight excluding hydrogens is 210 g/mol. The van der Waals surface area contributed by atoms with E-state index in [-0.39, 0.29) is 5.54 Å². The van der Waals surface area contributed by atoms with Crippen LogP contribution in [-0.4, -0.2) is 36.6 Å². The lowest BCUT2D eigenvalue weighted by Gasteiger charge is -2.43. The van der Waals surface area contributed by atoms with Crippen LogP contribution in [0.5, 0.6) is 0 Å². The van der Waals surface area contributed by atoms with Crippen molar-refractivity contribution in [3.8, 4) is 6.07 Å². The maximum Gasteiger partial charge on any atom is 0.116 e. The Balaban J connectivity index is 1.92. The van der Waals surface area contributed by atoms with Gasteiger partial charge in [0, 0.05) is 19.6 Å². The first-order chi connectivity index (χ1) is 8.15. The van der Waals surface area contributed by atoms with Crippen LogP contribution in [0.25, 0.3) is 0 Å². The number of likely N-dealkylation sites (tertiary alicyclic amines) is 1. The summed E-state index contributed by atoms with van der Waals surface area (Å²) in [6.07, 6.45) is 5.65. The molecule has 1 N–H and O–H groups in total. The van der Waals surface area contributed by atoms with Gasteiger partial charge in [-0.05, 0) is 44.6 Å². The number of nitrogens with zero attached hydrogens (tertiary/aromatic N) is 2. The average molecular weight is 235 g/mol. The number of fused-ring (bicyclic) bond motifs is 2. The Kier molecular flexibility index (Phi) is 4.06. The van der Waals surface area contributed by atoms with E-state index in [4.69, 9.17) is 0 Å². The van der Waals surface area contributed by atoms with E-state index < -0.39 is 0 Å². The minimum atomic E-state index is -0.375. The summed E-state index contributed by atoms with van der Waals surface area (Å²) < 4.78 is 0. The van der Waals surface area contributed by atoms with Crippen molar-refractivity contribution >= 4 is 0 Å². The molecule has 0 aromatic carbocycles. The second-order valence-corrected chi connectivity index (χ2v) is 6.07. The molecule has 3 atom stereocenters. The van der Waals surface area contributed by atoms with Crippen LogP contribution < -0.4 is 5.32 Å². The van der Waals surface area contributed by atoms with Crippen molar-refractivity contribution in [1.29, 1.82) is 5.26 Å². The Bertz CT molecular complexity index is 284. The predicted molar refractivity (Wildman–Crippen MR) is 69.6 cm³/mol. The molecule has 17 heavy (non-hydrogen) atoms. The minimum absolute atomic E-state index is 0.375. The second kappa shape index (κ2) is 5.37. The normalized spacial score (nSPS) is 32.8. The highest BCUT2D eigenvalue weighted by Crippen LogP contribution is 2.34. The van der Waals surface area contributed by atoms with Gasteiger partial charge in [-0.15, -0.1) is 0 Å². The Labute approximate surface area is 105 Å². The minimum Gasteiger partial charge on any atom is -0.300 e. The molecule has 96 valence electrons. The van der Waals surface area contributed by atoms with Gasteiger partial charge in [0.1, 0.15) is 5.54 Å². The van der Waals surface area contributed by atoms with Gasteiger partial charge in [0.15, 0.2) is 0 Å². The molecule has 0 spiro atoms. The van der Waals surface area contributed by atoms with Gasteiger partial charge in [-0.3, -0.25) is 10.2 Å². The third-order valence-corrected chi connectivity index (χ3v) is 4.28. The summed E-state index contributed by atoms with van der Waals surface area (Å²) in [5, 5.41) is 12.6. The molecule has 1 heterocycles. The molecule has 3 heteroatoms. The summed E-state index contributed by atoms with van der Waals surface area (Å²) >= 11 is 0. The van der Waals surface area contributed by atoms with E-state index in [9.17, 15) is 5.26 Å². The first-order valence-electron chi connectivity index (χ1n) is 7.04. The van der Waals surface area contributed by atoms with Crippen LogP contribution in [0.4, 0.5) is 0 Å². The Morgan fingerprint density at radius 1 is 1.35 bits per heavy atom. The summed E-state index contributed by atoms with van der Waals surface area (Å²) in [5.74, 6) is 1.79. The van der Waals surface area contributed by atoms with E-state index in [1.165, 1.54) is 38.8 Å². The lowest BCUT2D eigenvalue weighted by Crippen LogP contribution is -2.54. The molecule has 1 saturated heterocycles. The summed E-state index contributed by atoms with van der Waals surface area (Å²) in [4.78, 5) is 2.52. The van der Waals surface area contributed by atoms with Crippen molar-refractivity contribution < 1.29 is 0 Å². The average Bonchev–Trinajstić information content (AvgIpc) is 2.29. The summed E-state index contributed by atoms with van der Waals surface area (Å²) in [6, 6.07) is 2.44. The van der Waals surface area contributed by atoms with Crippen molar-refractivity contribution in [2.24, 2.45) is 11.8 Å². The fraction of sp³-hybridized carbons (Fsp3) is 0.929. The van der Waals surface area contributed by atoms with Crippen LogP contribution in [0.2, 0.25) is 0 Å². The maximum absolute atomic E-state index is 9.31. The quantitative estimate of drug-likeness (QED) is 0.810. The van der Waals surface area contributed by atoms with Gasteiger partial charge in [-0.2, -0.15) is 5.26 Å². The summed E-state index contributed by atoms with van der Waals surface area (Å²) in [6.45, 7) is 8.26. The van der Waals surface area contributed by atoms with Crippen LogP contribution in [0.3, 0.4) is 0 Å². The molecule has 0 radical (unpaired) electrons. The van der Waals surface area contributed by atoms with Gasteiger partial charge in [-0.1, -0.05) is 13.3 Å². The van der Waals surface area contributed by atoms with Gasteiger partial charge in [0.25, 0.3) is 0 Å². The fourth-order valence-corrected chi connectivity index (χ4v) is 3.64. The largest absolute Gasteiger partial charge is 0.300 e. The first kappa shape index (κ1) is 12.9. The lowest BCUT2D eigenvalue weighted by molar-refractivity contribution is 0.0725. The number of hydrogen-bond donors (Lipinski definition) is 1. The maximum atomic E-state index is 9.31. The van der Waals surface area contributed by atoms with Gasteiger partial charge < -0.3 is 0 Å². The Morgan fingerprint density at radius 3 is 2.53 bits per heavy atom. The van der Waals surface area contributed by atoms with E-state index >= 15 is 0 Å². The van der Waals surface area contributed by atoms with Crippen molar-refractivity contribution in [3.63, 3.8) is 0 Å². The SMILES string of the molecule is CCNC(C)(C#N)CN1CC2CCCC(C2)C1. The molecule has 1 aliphatic carbocycles. The fourth-order valence-electron chi connectivity index (χ4n) is 3.64. The Hall–Kier alpha value is -0.590. The van der Waals surface area contributed by atoms with Crippen molar-refractivity contribution in [2.45, 2.75) is 45.1 Å².